The first-order chi connectivity index (χ1) is 13.5. The first kappa shape index (κ1) is 18.9. The van der Waals surface area contributed by atoms with E-state index in [1.807, 2.05) is 0 Å². The molecule has 3 aliphatic rings. The fraction of sp³-hybridized carbons (Fsp3) is 0.550. The highest BCUT2D eigenvalue weighted by molar-refractivity contribution is 6.04. The predicted octanol–water partition coefficient (Wildman–Crippen LogP) is 1.41. The summed E-state index contributed by atoms with van der Waals surface area (Å²) in [6.45, 7) is 2.36. The number of hydrogen-bond acceptors (Lipinski definition) is 6. The van der Waals surface area contributed by atoms with Crippen molar-refractivity contribution in [1.29, 1.82) is 0 Å². The van der Waals surface area contributed by atoms with E-state index in [2.05, 4.69) is 5.32 Å². The molecule has 28 heavy (non-hydrogen) atoms. The number of amides is 2. The molecule has 1 N–H and O–H groups in total. The summed E-state index contributed by atoms with van der Waals surface area (Å²) in [4.78, 5) is 38.9. The number of anilines is 1. The lowest BCUT2D eigenvalue weighted by Gasteiger charge is -2.37. The van der Waals surface area contributed by atoms with Gasteiger partial charge in [0.15, 0.2) is 5.79 Å². The molecule has 150 valence electrons. The number of para-hydroxylation sites is 1. The van der Waals surface area contributed by atoms with Crippen molar-refractivity contribution in [2.45, 2.75) is 25.0 Å². The molecule has 2 saturated heterocycles. The topological polar surface area (TPSA) is 94.2 Å². The number of benzene rings is 1. The van der Waals surface area contributed by atoms with Gasteiger partial charge in [-0.15, -0.1) is 0 Å². The van der Waals surface area contributed by atoms with Crippen LogP contribution in [0.1, 0.15) is 29.6 Å². The SMILES string of the molecule is COC(=O)c1ccccc1NC(=O)C1CC1C(=O)N1CCC2(CC1)OCCO2. The number of methoxy groups -OCH3 is 1. The van der Waals surface area contributed by atoms with Crippen LogP contribution in [-0.4, -0.2) is 61.9 Å². The molecular weight excluding hydrogens is 364 g/mol. The van der Waals surface area contributed by atoms with Crippen LogP contribution in [0.25, 0.3) is 0 Å². The minimum Gasteiger partial charge on any atom is -0.465 e. The molecular formula is C20H24N2O6. The maximum atomic E-state index is 12.7. The van der Waals surface area contributed by atoms with E-state index >= 15 is 0 Å². The number of piperidine rings is 1. The van der Waals surface area contributed by atoms with Gasteiger partial charge in [0.25, 0.3) is 0 Å². The Morgan fingerprint density at radius 1 is 1.11 bits per heavy atom. The number of nitrogens with zero attached hydrogens (tertiary/aromatic N) is 1. The first-order valence-electron chi connectivity index (χ1n) is 9.58. The molecule has 4 rings (SSSR count). The molecule has 2 unspecified atom stereocenters. The van der Waals surface area contributed by atoms with Gasteiger partial charge in [-0.3, -0.25) is 9.59 Å². The van der Waals surface area contributed by atoms with Crippen molar-refractivity contribution in [3.8, 4) is 0 Å². The lowest BCUT2D eigenvalue weighted by molar-refractivity contribution is -0.187. The van der Waals surface area contributed by atoms with Crippen molar-refractivity contribution in [2.24, 2.45) is 11.8 Å². The van der Waals surface area contributed by atoms with Crippen molar-refractivity contribution in [2.75, 3.05) is 38.7 Å². The Bertz CT molecular complexity index is 779. The van der Waals surface area contributed by atoms with Gasteiger partial charge in [-0.05, 0) is 18.6 Å². The Morgan fingerprint density at radius 3 is 2.46 bits per heavy atom. The molecule has 2 heterocycles. The van der Waals surface area contributed by atoms with Crippen LogP contribution in [0.15, 0.2) is 24.3 Å². The molecule has 8 nitrogen and oxygen atoms in total. The Labute approximate surface area is 163 Å². The summed E-state index contributed by atoms with van der Waals surface area (Å²) in [6.07, 6.45) is 1.85. The van der Waals surface area contributed by atoms with E-state index in [0.717, 1.165) is 0 Å². The number of esters is 1. The molecule has 2 aliphatic heterocycles. The smallest absolute Gasteiger partial charge is 0.339 e. The zero-order valence-corrected chi connectivity index (χ0v) is 15.8. The fourth-order valence-corrected chi connectivity index (χ4v) is 3.95. The zero-order chi connectivity index (χ0) is 19.7. The Morgan fingerprint density at radius 2 is 1.79 bits per heavy atom. The van der Waals surface area contributed by atoms with E-state index in [4.69, 9.17) is 14.2 Å². The molecule has 1 aromatic rings. The van der Waals surface area contributed by atoms with Gasteiger partial charge >= 0.3 is 5.97 Å². The van der Waals surface area contributed by atoms with Crippen LogP contribution in [0.2, 0.25) is 0 Å². The van der Waals surface area contributed by atoms with E-state index in [0.29, 0.717) is 56.8 Å². The first-order valence-corrected chi connectivity index (χ1v) is 9.58. The van der Waals surface area contributed by atoms with Crippen LogP contribution in [0, 0.1) is 11.8 Å². The molecule has 0 aromatic heterocycles. The lowest BCUT2D eigenvalue weighted by atomic mass is 10.0. The van der Waals surface area contributed by atoms with Gasteiger partial charge in [0, 0.05) is 25.9 Å². The standard InChI is InChI=1S/C20H24N2O6/c1-26-19(25)13-4-2-3-5-16(13)21-17(23)14-12-15(14)18(24)22-8-6-20(7-9-22)27-10-11-28-20/h2-5,14-15H,6-12H2,1H3,(H,21,23). The van der Waals surface area contributed by atoms with Crippen LogP contribution in [0.4, 0.5) is 5.69 Å². The second-order valence-corrected chi connectivity index (χ2v) is 7.41. The van der Waals surface area contributed by atoms with E-state index < -0.39 is 11.8 Å². The lowest BCUT2D eigenvalue weighted by Crippen LogP contribution is -2.48. The number of carbonyl (C=O) groups is 3. The number of hydrogen-bond donors (Lipinski definition) is 1. The average molecular weight is 388 g/mol. The van der Waals surface area contributed by atoms with Gasteiger partial charge < -0.3 is 24.4 Å². The molecule has 2 amide bonds. The number of nitrogens with one attached hydrogen (secondary N) is 1. The fourth-order valence-electron chi connectivity index (χ4n) is 3.95. The van der Waals surface area contributed by atoms with Crippen molar-refractivity contribution in [3.63, 3.8) is 0 Å². The molecule has 0 bridgehead atoms. The number of ether oxygens (including phenoxy) is 3. The number of carbonyl (C=O) groups excluding carboxylic acids is 3. The Kier molecular flexibility index (Phi) is 5.07. The third-order valence-electron chi connectivity index (χ3n) is 5.69. The molecule has 2 atom stereocenters. The monoisotopic (exact) mass is 388 g/mol. The second kappa shape index (κ2) is 7.52. The van der Waals surface area contributed by atoms with Gasteiger partial charge in [0.1, 0.15) is 0 Å². The molecule has 1 saturated carbocycles. The van der Waals surface area contributed by atoms with Gasteiger partial charge in [0.05, 0.1) is 43.4 Å². The van der Waals surface area contributed by atoms with Crippen LogP contribution in [0.5, 0.6) is 0 Å². The van der Waals surface area contributed by atoms with Gasteiger partial charge in [-0.25, -0.2) is 4.79 Å². The predicted molar refractivity (Wildman–Crippen MR) is 98.5 cm³/mol. The third-order valence-corrected chi connectivity index (χ3v) is 5.69. The molecule has 1 aliphatic carbocycles. The largest absolute Gasteiger partial charge is 0.465 e. The highest BCUT2D eigenvalue weighted by atomic mass is 16.7. The van der Waals surface area contributed by atoms with Crippen molar-refractivity contribution in [1.82, 2.24) is 4.90 Å². The summed E-state index contributed by atoms with van der Waals surface area (Å²) in [5.74, 6) is -1.94. The second-order valence-electron chi connectivity index (χ2n) is 7.41. The minimum atomic E-state index is -0.519. The van der Waals surface area contributed by atoms with Crippen molar-refractivity contribution < 1.29 is 28.6 Å². The molecule has 8 heteroatoms. The number of likely N-dealkylation sites (tertiary alicyclic amines) is 1. The van der Waals surface area contributed by atoms with Crippen LogP contribution >= 0.6 is 0 Å². The van der Waals surface area contributed by atoms with Crippen LogP contribution in [0.3, 0.4) is 0 Å². The van der Waals surface area contributed by atoms with Crippen LogP contribution < -0.4 is 5.32 Å². The van der Waals surface area contributed by atoms with Crippen LogP contribution in [-0.2, 0) is 23.8 Å². The summed E-state index contributed by atoms with van der Waals surface area (Å²) in [5.41, 5.74) is 0.688. The third kappa shape index (κ3) is 3.62. The van der Waals surface area contributed by atoms with E-state index in [9.17, 15) is 14.4 Å². The van der Waals surface area contributed by atoms with E-state index in [1.54, 1.807) is 29.2 Å². The molecule has 1 aromatic carbocycles. The summed E-state index contributed by atoms with van der Waals surface area (Å²) in [5, 5.41) is 2.76. The zero-order valence-electron chi connectivity index (χ0n) is 15.8. The molecule has 3 fully saturated rings. The molecule has 1 spiro atoms. The van der Waals surface area contributed by atoms with Gasteiger partial charge in [0.2, 0.25) is 11.8 Å². The normalized spacial score (nSPS) is 25.4. The maximum Gasteiger partial charge on any atom is 0.339 e. The molecule has 0 radical (unpaired) electrons. The quantitative estimate of drug-likeness (QED) is 0.784. The van der Waals surface area contributed by atoms with E-state index in [1.165, 1.54) is 7.11 Å². The van der Waals surface area contributed by atoms with Crippen molar-refractivity contribution >= 4 is 23.5 Å². The Balaban J connectivity index is 1.32. The highest BCUT2D eigenvalue weighted by Crippen LogP contribution is 2.42. The maximum absolute atomic E-state index is 12.7. The minimum absolute atomic E-state index is 0.00856. The highest BCUT2D eigenvalue weighted by Gasteiger charge is 2.51. The van der Waals surface area contributed by atoms with Gasteiger partial charge in [-0.1, -0.05) is 12.1 Å². The summed E-state index contributed by atoms with van der Waals surface area (Å²) < 4.78 is 16.1. The van der Waals surface area contributed by atoms with E-state index in [-0.39, 0.29) is 23.7 Å². The Hall–Kier alpha value is -2.45. The van der Waals surface area contributed by atoms with Gasteiger partial charge in [-0.2, -0.15) is 0 Å². The average Bonchev–Trinajstić information content (AvgIpc) is 3.41. The summed E-state index contributed by atoms with van der Waals surface area (Å²) in [7, 11) is 1.29. The van der Waals surface area contributed by atoms with Crippen molar-refractivity contribution in [3.05, 3.63) is 29.8 Å². The summed E-state index contributed by atoms with van der Waals surface area (Å²) in [6, 6.07) is 6.67. The summed E-state index contributed by atoms with van der Waals surface area (Å²) >= 11 is 0. The number of rotatable bonds is 4.